The van der Waals surface area contributed by atoms with Crippen LogP contribution in [0.25, 0.3) is 0 Å². The number of amidine groups is 1. The molecule has 26 heavy (non-hydrogen) atoms. The molecular formula is C23H45N2O+. The Balaban J connectivity index is 1.82. The topological polar surface area (TPSA) is 32.1 Å². The lowest BCUT2D eigenvalue weighted by Crippen LogP contribution is -2.31. The summed E-state index contributed by atoms with van der Waals surface area (Å²) in [7, 11) is 0. The van der Waals surface area contributed by atoms with Crippen LogP contribution in [0, 0.1) is 0 Å². The number of likely N-dealkylation sites (N-methyl/N-ethyl adjacent to an activating group) is 1. The second-order valence-electron chi connectivity index (χ2n) is 7.98. The summed E-state index contributed by atoms with van der Waals surface area (Å²) in [6.07, 6.45) is 21.3. The molecule has 0 bridgehead atoms. The van der Waals surface area contributed by atoms with E-state index in [9.17, 15) is 4.79 Å². The molecule has 1 N–H and O–H groups in total. The lowest BCUT2D eigenvalue weighted by Gasteiger charge is -2.03. The number of carbonyl (C=O) groups excluding carboxylic acids is 1. The highest BCUT2D eigenvalue weighted by Crippen LogP contribution is 2.13. The first-order valence-electron chi connectivity index (χ1n) is 11.7. The molecule has 0 saturated heterocycles. The summed E-state index contributed by atoms with van der Waals surface area (Å²) in [5.41, 5.74) is 0. The average molecular weight is 366 g/mol. The maximum absolute atomic E-state index is 12.2. The molecule has 3 heteroatoms. The lowest BCUT2D eigenvalue weighted by molar-refractivity contribution is -0.513. The van der Waals surface area contributed by atoms with Gasteiger partial charge < -0.3 is 0 Å². The van der Waals surface area contributed by atoms with Crippen molar-refractivity contribution in [1.29, 1.82) is 0 Å². The summed E-state index contributed by atoms with van der Waals surface area (Å²) >= 11 is 0. The zero-order valence-corrected chi connectivity index (χ0v) is 17.8. The molecule has 0 aliphatic carbocycles. The molecule has 0 spiro atoms. The molecule has 0 aromatic carbocycles. The standard InChI is InChI=1S/C23H44N2O/c1-3-5-6-7-8-9-10-11-12-13-14-15-16-17-18-19-22(26)23-24-20-21-25(23)4-2/h3-21H2,1-2H3/p+1. The SMILES string of the molecule is CCCCCCCCCCCCCCCCCC(=O)C1=[N+](CC)CCN1. The predicted octanol–water partition coefficient (Wildman–Crippen LogP) is 5.85. The summed E-state index contributed by atoms with van der Waals surface area (Å²) in [5, 5.41) is 3.25. The van der Waals surface area contributed by atoms with Crippen LogP contribution in [0.2, 0.25) is 0 Å². The first-order valence-corrected chi connectivity index (χ1v) is 11.7. The number of unbranched alkanes of at least 4 members (excludes halogenated alkanes) is 14. The van der Waals surface area contributed by atoms with Crippen molar-refractivity contribution in [2.75, 3.05) is 19.6 Å². The van der Waals surface area contributed by atoms with Gasteiger partial charge in [-0.05, 0) is 13.3 Å². The summed E-state index contributed by atoms with van der Waals surface area (Å²) in [6.45, 7) is 7.25. The molecule has 1 aliphatic rings. The largest absolute Gasteiger partial charge is 0.314 e. The molecule has 0 aromatic heterocycles. The minimum absolute atomic E-state index is 0.319. The molecule has 0 aromatic rings. The van der Waals surface area contributed by atoms with E-state index in [1.165, 1.54) is 89.9 Å². The third-order valence-corrected chi connectivity index (χ3v) is 5.64. The predicted molar refractivity (Wildman–Crippen MR) is 113 cm³/mol. The molecule has 0 atom stereocenters. The molecule has 152 valence electrons. The lowest BCUT2D eigenvalue weighted by atomic mass is 10.0. The van der Waals surface area contributed by atoms with Gasteiger partial charge in [0.05, 0.1) is 6.54 Å². The number of nitrogens with zero attached hydrogens (tertiary/aromatic N) is 1. The van der Waals surface area contributed by atoms with Crippen molar-refractivity contribution in [3.8, 4) is 0 Å². The zero-order chi connectivity index (χ0) is 18.9. The van der Waals surface area contributed by atoms with Crippen LogP contribution in [0.15, 0.2) is 0 Å². The van der Waals surface area contributed by atoms with E-state index in [0.29, 0.717) is 5.78 Å². The van der Waals surface area contributed by atoms with Gasteiger partial charge in [-0.2, -0.15) is 0 Å². The smallest absolute Gasteiger partial charge is 0.286 e. The van der Waals surface area contributed by atoms with Crippen molar-refractivity contribution >= 4 is 11.6 Å². The first-order chi connectivity index (χ1) is 12.8. The summed E-state index contributed by atoms with van der Waals surface area (Å²) in [5.74, 6) is 1.19. The van der Waals surface area contributed by atoms with Gasteiger partial charge in [0.15, 0.2) is 0 Å². The zero-order valence-electron chi connectivity index (χ0n) is 17.8. The summed E-state index contributed by atoms with van der Waals surface area (Å²) in [6, 6.07) is 0. The quantitative estimate of drug-likeness (QED) is 0.244. The number of hydrogen-bond donors (Lipinski definition) is 1. The molecule has 3 nitrogen and oxygen atoms in total. The first kappa shape index (κ1) is 23.2. The van der Waals surface area contributed by atoms with Crippen molar-refractivity contribution in [2.45, 2.75) is 117 Å². The van der Waals surface area contributed by atoms with Crippen molar-refractivity contribution < 1.29 is 9.37 Å². The fourth-order valence-corrected chi connectivity index (χ4v) is 3.90. The third kappa shape index (κ3) is 11.0. The number of carbonyl (C=O) groups is 1. The Morgan fingerprint density at radius 3 is 1.69 bits per heavy atom. The van der Waals surface area contributed by atoms with Gasteiger partial charge in [0, 0.05) is 6.42 Å². The number of hydrogen-bond acceptors (Lipinski definition) is 2. The Kier molecular flexibility index (Phi) is 14.6. The molecule has 1 rings (SSSR count). The maximum atomic E-state index is 12.2. The van der Waals surface area contributed by atoms with E-state index in [2.05, 4.69) is 23.7 Å². The highest BCUT2D eigenvalue weighted by atomic mass is 16.1. The van der Waals surface area contributed by atoms with Crippen molar-refractivity contribution in [2.24, 2.45) is 0 Å². The average Bonchev–Trinajstić information content (AvgIpc) is 3.13. The number of nitrogens with one attached hydrogen (secondary N) is 1. The Hall–Kier alpha value is -0.860. The van der Waals surface area contributed by atoms with E-state index in [4.69, 9.17) is 0 Å². The van der Waals surface area contributed by atoms with E-state index < -0.39 is 0 Å². The third-order valence-electron chi connectivity index (χ3n) is 5.64. The highest BCUT2D eigenvalue weighted by molar-refractivity contribution is 6.36. The number of Topliss-reactive ketones (excluding diaryl/α,β-unsaturated/α-hetero) is 1. The van der Waals surface area contributed by atoms with Gasteiger partial charge in [0.1, 0.15) is 13.1 Å². The van der Waals surface area contributed by atoms with Gasteiger partial charge in [-0.15, -0.1) is 0 Å². The van der Waals surface area contributed by atoms with Gasteiger partial charge in [-0.1, -0.05) is 96.8 Å². The van der Waals surface area contributed by atoms with Crippen molar-refractivity contribution in [1.82, 2.24) is 5.32 Å². The van der Waals surface area contributed by atoms with Crippen LogP contribution >= 0.6 is 0 Å². The fraction of sp³-hybridized carbons (Fsp3) is 0.913. The molecule has 0 fully saturated rings. The van der Waals surface area contributed by atoms with Gasteiger partial charge >= 0.3 is 5.84 Å². The molecule has 0 saturated carbocycles. The Morgan fingerprint density at radius 2 is 1.23 bits per heavy atom. The molecular weight excluding hydrogens is 320 g/mol. The van der Waals surface area contributed by atoms with E-state index in [1.807, 2.05) is 0 Å². The van der Waals surface area contributed by atoms with E-state index in [-0.39, 0.29) is 0 Å². The number of rotatable bonds is 18. The van der Waals surface area contributed by atoms with Gasteiger partial charge in [-0.3, -0.25) is 14.7 Å². The van der Waals surface area contributed by atoms with Crippen LogP contribution in [0.3, 0.4) is 0 Å². The van der Waals surface area contributed by atoms with Crippen LogP contribution in [-0.4, -0.2) is 35.8 Å². The number of ketones is 1. The van der Waals surface area contributed by atoms with Crippen LogP contribution < -0.4 is 5.32 Å². The Bertz CT molecular complexity index is 390. The van der Waals surface area contributed by atoms with Gasteiger partial charge in [0.25, 0.3) is 0 Å². The maximum Gasteiger partial charge on any atom is 0.314 e. The van der Waals surface area contributed by atoms with Gasteiger partial charge in [-0.25, -0.2) is 0 Å². The van der Waals surface area contributed by atoms with Crippen molar-refractivity contribution in [3.63, 3.8) is 0 Å². The van der Waals surface area contributed by atoms with Crippen LogP contribution in [0.4, 0.5) is 0 Å². The summed E-state index contributed by atoms with van der Waals surface area (Å²) < 4.78 is 2.17. The normalized spacial score (nSPS) is 14.1. The molecule has 0 unspecified atom stereocenters. The fourth-order valence-electron chi connectivity index (χ4n) is 3.90. The molecule has 0 radical (unpaired) electrons. The van der Waals surface area contributed by atoms with Gasteiger partial charge in [0.2, 0.25) is 5.78 Å². The second-order valence-corrected chi connectivity index (χ2v) is 7.98. The van der Waals surface area contributed by atoms with Crippen molar-refractivity contribution in [3.05, 3.63) is 0 Å². The van der Waals surface area contributed by atoms with E-state index in [0.717, 1.165) is 38.3 Å². The molecule has 0 amide bonds. The summed E-state index contributed by atoms with van der Waals surface area (Å²) in [4.78, 5) is 12.2. The van der Waals surface area contributed by atoms with Crippen LogP contribution in [0.5, 0.6) is 0 Å². The molecule has 1 heterocycles. The van der Waals surface area contributed by atoms with E-state index >= 15 is 0 Å². The van der Waals surface area contributed by atoms with E-state index in [1.54, 1.807) is 0 Å². The Morgan fingerprint density at radius 1 is 0.769 bits per heavy atom. The Labute approximate surface area is 163 Å². The highest BCUT2D eigenvalue weighted by Gasteiger charge is 2.25. The van der Waals surface area contributed by atoms with Crippen LogP contribution in [-0.2, 0) is 4.79 Å². The van der Waals surface area contributed by atoms with Crippen LogP contribution in [0.1, 0.15) is 117 Å². The monoisotopic (exact) mass is 365 g/mol. The second kappa shape index (κ2) is 16.3. The molecule has 1 aliphatic heterocycles. The minimum atomic E-state index is 0.319. The minimum Gasteiger partial charge on any atom is -0.286 e.